The fourth-order valence-corrected chi connectivity index (χ4v) is 4.27. The fraction of sp³-hybridized carbons (Fsp3) is 0.438. The van der Waals surface area contributed by atoms with Crippen molar-refractivity contribution >= 4 is 11.3 Å². The Hall–Kier alpha value is -1.23. The Labute approximate surface area is 123 Å². The van der Waals surface area contributed by atoms with E-state index in [9.17, 15) is 0 Å². The lowest BCUT2D eigenvalue weighted by Crippen LogP contribution is -2.24. The minimum Gasteiger partial charge on any atom is -0.371 e. The van der Waals surface area contributed by atoms with Crippen molar-refractivity contribution < 1.29 is 4.74 Å². The van der Waals surface area contributed by atoms with Crippen LogP contribution >= 0.6 is 11.3 Å². The van der Waals surface area contributed by atoms with Crippen LogP contribution in [0.15, 0.2) is 30.3 Å². The van der Waals surface area contributed by atoms with E-state index in [1.54, 1.807) is 18.4 Å². The number of rotatable bonds is 4. The zero-order valence-corrected chi connectivity index (χ0v) is 12.6. The molecule has 0 saturated heterocycles. The zero-order valence-electron chi connectivity index (χ0n) is 11.8. The Balaban J connectivity index is 2.05. The van der Waals surface area contributed by atoms with E-state index in [0.29, 0.717) is 6.54 Å². The van der Waals surface area contributed by atoms with E-state index in [0.717, 1.165) is 23.5 Å². The Morgan fingerprint density at radius 1 is 1.25 bits per heavy atom. The van der Waals surface area contributed by atoms with E-state index < -0.39 is 0 Å². The van der Waals surface area contributed by atoms with Gasteiger partial charge in [0.05, 0.1) is 10.6 Å². The third kappa shape index (κ3) is 2.28. The van der Waals surface area contributed by atoms with Crippen molar-refractivity contribution in [1.82, 2.24) is 4.98 Å². The monoisotopic (exact) mass is 288 g/mol. The first-order valence-electron chi connectivity index (χ1n) is 7.10. The first-order chi connectivity index (χ1) is 9.79. The van der Waals surface area contributed by atoms with Crippen LogP contribution in [0, 0.1) is 0 Å². The molecular weight excluding hydrogens is 268 g/mol. The molecule has 3 nitrogen and oxygen atoms in total. The number of aromatic nitrogens is 1. The van der Waals surface area contributed by atoms with Crippen LogP contribution in [0.25, 0.3) is 10.4 Å². The van der Waals surface area contributed by atoms with Gasteiger partial charge in [0.25, 0.3) is 0 Å². The number of hydrogen-bond acceptors (Lipinski definition) is 4. The third-order valence-corrected chi connectivity index (χ3v) is 5.45. The molecule has 1 heterocycles. The molecule has 2 N–H and O–H groups in total. The van der Waals surface area contributed by atoms with Gasteiger partial charge in [-0.05, 0) is 18.4 Å². The molecule has 0 spiro atoms. The summed E-state index contributed by atoms with van der Waals surface area (Å²) in [5.74, 6) is 0. The quantitative estimate of drug-likeness (QED) is 0.933. The smallest absolute Gasteiger partial charge is 0.126 e. The van der Waals surface area contributed by atoms with Crippen molar-refractivity contribution in [3.63, 3.8) is 0 Å². The second-order valence-corrected chi connectivity index (χ2v) is 6.27. The summed E-state index contributed by atoms with van der Waals surface area (Å²) < 4.78 is 5.84. The van der Waals surface area contributed by atoms with Gasteiger partial charge in [0, 0.05) is 13.7 Å². The molecule has 20 heavy (non-hydrogen) atoms. The summed E-state index contributed by atoms with van der Waals surface area (Å²) in [6, 6.07) is 10.4. The summed E-state index contributed by atoms with van der Waals surface area (Å²) in [5.41, 5.74) is 7.89. The van der Waals surface area contributed by atoms with Gasteiger partial charge < -0.3 is 10.5 Å². The van der Waals surface area contributed by atoms with Crippen LogP contribution in [-0.4, -0.2) is 12.1 Å². The summed E-state index contributed by atoms with van der Waals surface area (Å²) in [4.78, 5) is 5.99. The largest absolute Gasteiger partial charge is 0.371 e. The molecule has 106 valence electrons. The van der Waals surface area contributed by atoms with Gasteiger partial charge in [0.2, 0.25) is 0 Å². The van der Waals surface area contributed by atoms with E-state index in [-0.39, 0.29) is 5.60 Å². The van der Waals surface area contributed by atoms with Crippen LogP contribution in [0.4, 0.5) is 0 Å². The predicted octanol–water partition coefficient (Wildman–Crippen LogP) is 3.68. The summed E-state index contributed by atoms with van der Waals surface area (Å²) in [5, 5.41) is 1.09. The van der Waals surface area contributed by atoms with Crippen LogP contribution in [0.3, 0.4) is 0 Å². The van der Waals surface area contributed by atoms with Crippen LogP contribution in [0.5, 0.6) is 0 Å². The molecule has 0 bridgehead atoms. The summed E-state index contributed by atoms with van der Waals surface area (Å²) in [6.07, 6.45) is 4.56. The third-order valence-electron chi connectivity index (χ3n) is 4.12. The standard InChI is InChI=1S/C16H20N2OS/c1-19-16(9-5-6-10-16)15-18-13(11-17)14(20-15)12-7-3-2-4-8-12/h2-4,7-8H,5-6,9-11,17H2,1H3. The molecule has 1 aromatic carbocycles. The molecule has 1 aromatic heterocycles. The SMILES string of the molecule is COC1(c2nc(CN)c(-c3ccccc3)s2)CCCC1. The summed E-state index contributed by atoms with van der Waals surface area (Å²) in [7, 11) is 1.80. The van der Waals surface area contributed by atoms with E-state index in [1.807, 2.05) is 6.07 Å². The van der Waals surface area contributed by atoms with Gasteiger partial charge in [-0.15, -0.1) is 11.3 Å². The van der Waals surface area contributed by atoms with Crippen molar-refractivity contribution in [1.29, 1.82) is 0 Å². The van der Waals surface area contributed by atoms with Gasteiger partial charge in [0.1, 0.15) is 10.6 Å². The number of methoxy groups -OCH3 is 1. The van der Waals surface area contributed by atoms with Gasteiger partial charge in [-0.2, -0.15) is 0 Å². The Morgan fingerprint density at radius 2 is 1.95 bits per heavy atom. The Morgan fingerprint density at radius 3 is 2.55 bits per heavy atom. The van der Waals surface area contributed by atoms with Gasteiger partial charge in [-0.25, -0.2) is 4.98 Å². The van der Waals surface area contributed by atoms with E-state index in [1.165, 1.54) is 23.3 Å². The van der Waals surface area contributed by atoms with Crippen LogP contribution < -0.4 is 5.73 Å². The Bertz CT molecular complexity index is 573. The van der Waals surface area contributed by atoms with Crippen LogP contribution in [0.2, 0.25) is 0 Å². The highest BCUT2D eigenvalue weighted by Gasteiger charge is 2.39. The van der Waals surface area contributed by atoms with E-state index in [4.69, 9.17) is 15.5 Å². The molecule has 0 radical (unpaired) electrons. The molecular formula is C16H20N2OS. The predicted molar refractivity (Wildman–Crippen MR) is 82.6 cm³/mol. The molecule has 0 amide bonds. The number of ether oxygens (including phenoxy) is 1. The lowest BCUT2D eigenvalue weighted by Gasteiger charge is -2.24. The van der Waals surface area contributed by atoms with Gasteiger partial charge in [-0.1, -0.05) is 43.2 Å². The van der Waals surface area contributed by atoms with Gasteiger partial charge in [0.15, 0.2) is 0 Å². The number of nitrogens with two attached hydrogens (primary N) is 1. The molecule has 1 saturated carbocycles. The van der Waals surface area contributed by atoms with Crippen molar-refractivity contribution in [3.8, 4) is 10.4 Å². The highest BCUT2D eigenvalue weighted by Crippen LogP contribution is 2.45. The van der Waals surface area contributed by atoms with Crippen molar-refractivity contribution in [2.24, 2.45) is 5.73 Å². The number of hydrogen-bond donors (Lipinski definition) is 1. The summed E-state index contributed by atoms with van der Waals surface area (Å²) >= 11 is 1.74. The molecule has 3 rings (SSSR count). The minimum atomic E-state index is -0.179. The molecule has 1 aliphatic rings. The van der Waals surface area contributed by atoms with Crippen LogP contribution in [0.1, 0.15) is 36.4 Å². The minimum absolute atomic E-state index is 0.179. The maximum Gasteiger partial charge on any atom is 0.126 e. The maximum atomic E-state index is 5.89. The zero-order chi connectivity index (χ0) is 14.0. The van der Waals surface area contributed by atoms with Crippen molar-refractivity contribution in [2.45, 2.75) is 37.8 Å². The van der Waals surface area contributed by atoms with Crippen molar-refractivity contribution in [2.75, 3.05) is 7.11 Å². The second-order valence-electron chi connectivity index (χ2n) is 5.27. The molecule has 4 heteroatoms. The highest BCUT2D eigenvalue weighted by atomic mass is 32.1. The normalized spacial score (nSPS) is 17.5. The first-order valence-corrected chi connectivity index (χ1v) is 7.91. The molecule has 0 aliphatic heterocycles. The number of nitrogens with zero attached hydrogens (tertiary/aromatic N) is 1. The van der Waals surface area contributed by atoms with E-state index >= 15 is 0 Å². The Kier molecular flexibility index (Phi) is 3.87. The topological polar surface area (TPSA) is 48.1 Å². The number of benzene rings is 1. The van der Waals surface area contributed by atoms with Crippen LogP contribution in [-0.2, 0) is 16.9 Å². The second kappa shape index (κ2) is 5.64. The van der Waals surface area contributed by atoms with Crippen molar-refractivity contribution in [3.05, 3.63) is 41.0 Å². The van der Waals surface area contributed by atoms with E-state index in [2.05, 4.69) is 24.3 Å². The average molecular weight is 288 g/mol. The first kappa shape index (κ1) is 13.7. The summed E-state index contributed by atoms with van der Waals surface area (Å²) in [6.45, 7) is 0.473. The fourth-order valence-electron chi connectivity index (χ4n) is 2.95. The lowest BCUT2D eigenvalue weighted by molar-refractivity contribution is -0.00895. The molecule has 1 aliphatic carbocycles. The molecule has 0 unspecified atom stereocenters. The van der Waals surface area contributed by atoms with Gasteiger partial charge >= 0.3 is 0 Å². The molecule has 1 fully saturated rings. The maximum absolute atomic E-state index is 5.89. The van der Waals surface area contributed by atoms with Gasteiger partial charge in [-0.3, -0.25) is 0 Å². The molecule has 0 atom stereocenters. The number of thiazole rings is 1. The highest BCUT2D eigenvalue weighted by molar-refractivity contribution is 7.15. The molecule has 2 aromatic rings. The lowest BCUT2D eigenvalue weighted by atomic mass is 10.0. The average Bonchev–Trinajstić information content (AvgIpc) is 3.15.